The fraction of sp³-hybridized carbons (Fsp3) is 0.812. The lowest BCUT2D eigenvalue weighted by molar-refractivity contribution is 0.0890. The van der Waals surface area contributed by atoms with Crippen LogP contribution in [0.15, 0.2) is 11.3 Å². The highest BCUT2D eigenvalue weighted by Gasteiger charge is 2.22. The molecule has 7 nitrogen and oxygen atoms in total. The van der Waals surface area contributed by atoms with Gasteiger partial charge in [-0.3, -0.25) is 4.99 Å². The van der Waals surface area contributed by atoms with E-state index in [1.54, 1.807) is 6.33 Å². The van der Waals surface area contributed by atoms with Crippen molar-refractivity contribution in [1.82, 2.24) is 25.4 Å². The first-order valence-electron chi connectivity index (χ1n) is 8.77. The monoisotopic (exact) mass is 322 g/mol. The summed E-state index contributed by atoms with van der Waals surface area (Å²) < 4.78 is 7.83. The number of aryl methyl sites for hydroxylation is 1. The molecule has 0 bridgehead atoms. The van der Waals surface area contributed by atoms with E-state index in [4.69, 9.17) is 4.74 Å². The van der Waals surface area contributed by atoms with Gasteiger partial charge in [0, 0.05) is 32.7 Å². The van der Waals surface area contributed by atoms with Crippen molar-refractivity contribution in [2.24, 2.45) is 4.99 Å². The summed E-state index contributed by atoms with van der Waals surface area (Å²) in [5.74, 6) is 1.88. The molecule has 2 atom stereocenters. The average Bonchev–Trinajstić information content (AvgIpc) is 3.23. The summed E-state index contributed by atoms with van der Waals surface area (Å²) in [6.07, 6.45) is 6.27. The van der Waals surface area contributed by atoms with Gasteiger partial charge in [0.15, 0.2) is 5.96 Å². The molecule has 0 aliphatic carbocycles. The number of hydrogen-bond donors (Lipinski definition) is 2. The van der Waals surface area contributed by atoms with E-state index in [0.717, 1.165) is 63.7 Å². The molecule has 0 amide bonds. The van der Waals surface area contributed by atoms with Gasteiger partial charge in [-0.1, -0.05) is 13.8 Å². The maximum atomic E-state index is 5.75. The molecule has 7 heteroatoms. The van der Waals surface area contributed by atoms with Crippen molar-refractivity contribution in [3.8, 4) is 0 Å². The van der Waals surface area contributed by atoms with Crippen LogP contribution in [0.25, 0.3) is 0 Å². The van der Waals surface area contributed by atoms with Crippen molar-refractivity contribution < 1.29 is 4.74 Å². The lowest BCUT2D eigenvalue weighted by Crippen LogP contribution is -2.47. The second-order valence-electron chi connectivity index (χ2n) is 5.94. The van der Waals surface area contributed by atoms with Gasteiger partial charge in [-0.25, -0.2) is 0 Å². The minimum absolute atomic E-state index is 0.265. The zero-order chi connectivity index (χ0) is 16.5. The lowest BCUT2D eigenvalue weighted by Gasteiger charge is -2.23. The minimum Gasteiger partial charge on any atom is -0.376 e. The van der Waals surface area contributed by atoms with Crippen molar-refractivity contribution in [2.45, 2.75) is 65.1 Å². The normalized spacial score (nSPS) is 19.8. The minimum atomic E-state index is 0.265. The molecule has 1 fully saturated rings. The number of rotatable bonds is 8. The van der Waals surface area contributed by atoms with Gasteiger partial charge < -0.3 is 19.9 Å². The Morgan fingerprint density at radius 1 is 1.52 bits per heavy atom. The van der Waals surface area contributed by atoms with Crippen molar-refractivity contribution >= 4 is 5.96 Å². The van der Waals surface area contributed by atoms with Crippen LogP contribution in [-0.4, -0.2) is 52.6 Å². The quantitative estimate of drug-likeness (QED) is 0.558. The second kappa shape index (κ2) is 9.50. The molecule has 0 saturated carbocycles. The highest BCUT2D eigenvalue weighted by Crippen LogP contribution is 2.15. The molecular formula is C16H30N6O. The Balaban J connectivity index is 1.83. The zero-order valence-electron chi connectivity index (χ0n) is 14.6. The molecule has 1 aliphatic heterocycles. The highest BCUT2D eigenvalue weighted by atomic mass is 16.5. The highest BCUT2D eigenvalue weighted by molar-refractivity contribution is 5.80. The number of hydrogen-bond acceptors (Lipinski definition) is 4. The van der Waals surface area contributed by atoms with Crippen LogP contribution in [-0.2, 0) is 17.7 Å². The summed E-state index contributed by atoms with van der Waals surface area (Å²) in [4.78, 5) is 4.61. The topological polar surface area (TPSA) is 76.4 Å². The number of aliphatic imine (C=N–C) groups is 1. The van der Waals surface area contributed by atoms with Crippen LogP contribution in [0.2, 0.25) is 0 Å². The maximum Gasteiger partial charge on any atom is 0.191 e. The third-order valence-corrected chi connectivity index (χ3v) is 4.04. The van der Waals surface area contributed by atoms with Gasteiger partial charge >= 0.3 is 0 Å². The third kappa shape index (κ3) is 5.49. The van der Waals surface area contributed by atoms with E-state index in [9.17, 15) is 0 Å². The molecule has 2 unspecified atom stereocenters. The van der Waals surface area contributed by atoms with Crippen molar-refractivity contribution in [1.29, 1.82) is 0 Å². The van der Waals surface area contributed by atoms with Crippen LogP contribution in [0, 0.1) is 0 Å². The van der Waals surface area contributed by atoms with E-state index in [-0.39, 0.29) is 12.1 Å². The number of nitrogens with zero attached hydrogens (tertiary/aromatic N) is 4. The maximum absolute atomic E-state index is 5.75. The smallest absolute Gasteiger partial charge is 0.191 e. The molecule has 2 rings (SSSR count). The molecule has 0 aromatic carbocycles. The van der Waals surface area contributed by atoms with Gasteiger partial charge in [0.1, 0.15) is 12.2 Å². The predicted octanol–water partition coefficient (Wildman–Crippen LogP) is 1.35. The Hall–Kier alpha value is -1.63. The Morgan fingerprint density at radius 3 is 3.09 bits per heavy atom. The first kappa shape index (κ1) is 17.7. The number of ether oxygens (including phenoxy) is 1. The Morgan fingerprint density at radius 2 is 2.39 bits per heavy atom. The molecule has 1 aliphatic rings. The van der Waals surface area contributed by atoms with Gasteiger partial charge in [-0.2, -0.15) is 0 Å². The van der Waals surface area contributed by atoms with Crippen LogP contribution in [0.3, 0.4) is 0 Å². The summed E-state index contributed by atoms with van der Waals surface area (Å²) in [6.45, 7) is 9.70. The van der Waals surface area contributed by atoms with E-state index in [0.29, 0.717) is 0 Å². The van der Waals surface area contributed by atoms with E-state index in [1.165, 1.54) is 0 Å². The second-order valence-corrected chi connectivity index (χ2v) is 5.94. The summed E-state index contributed by atoms with van der Waals surface area (Å²) in [7, 11) is 0. The molecule has 0 spiro atoms. The molecule has 0 radical (unpaired) electrons. The Bertz CT molecular complexity index is 481. The van der Waals surface area contributed by atoms with Gasteiger partial charge in [0.05, 0.1) is 12.1 Å². The Labute approximate surface area is 138 Å². The fourth-order valence-corrected chi connectivity index (χ4v) is 2.72. The zero-order valence-corrected chi connectivity index (χ0v) is 14.6. The summed E-state index contributed by atoms with van der Waals surface area (Å²) >= 11 is 0. The number of guanidine groups is 1. The largest absolute Gasteiger partial charge is 0.376 e. The summed E-state index contributed by atoms with van der Waals surface area (Å²) in [6, 6.07) is 0.265. The molecule has 2 N–H and O–H groups in total. The van der Waals surface area contributed by atoms with E-state index in [1.807, 2.05) is 0 Å². The van der Waals surface area contributed by atoms with E-state index >= 15 is 0 Å². The predicted molar refractivity (Wildman–Crippen MR) is 91.6 cm³/mol. The van der Waals surface area contributed by atoms with Crippen LogP contribution in [0.5, 0.6) is 0 Å². The van der Waals surface area contributed by atoms with E-state index < -0.39 is 0 Å². The molecule has 1 saturated heterocycles. The van der Waals surface area contributed by atoms with Crippen molar-refractivity contribution in [3.63, 3.8) is 0 Å². The fourth-order valence-electron chi connectivity index (χ4n) is 2.72. The van der Waals surface area contributed by atoms with Gasteiger partial charge in [0.2, 0.25) is 0 Å². The van der Waals surface area contributed by atoms with Crippen LogP contribution in [0.1, 0.15) is 45.9 Å². The van der Waals surface area contributed by atoms with Crippen molar-refractivity contribution in [3.05, 3.63) is 12.2 Å². The Kier molecular flexibility index (Phi) is 7.32. The molecule has 1 aromatic rings. The SMILES string of the molecule is CCCN=C(NCCn1cnnc1CC)NC(C)C1CCCO1. The first-order chi connectivity index (χ1) is 11.2. The van der Waals surface area contributed by atoms with Crippen LogP contribution in [0.4, 0.5) is 0 Å². The molecule has 23 heavy (non-hydrogen) atoms. The summed E-state index contributed by atoms with van der Waals surface area (Å²) in [5, 5.41) is 15.0. The standard InChI is InChI=1S/C16H30N6O/c1-4-8-17-16(20-13(3)14-7-6-11-23-14)18-9-10-22-12-19-21-15(22)5-2/h12-14H,4-11H2,1-3H3,(H2,17,18,20). The number of aromatic nitrogens is 3. The number of nitrogens with one attached hydrogen (secondary N) is 2. The van der Waals surface area contributed by atoms with Gasteiger partial charge in [-0.05, 0) is 26.2 Å². The van der Waals surface area contributed by atoms with Crippen LogP contribution < -0.4 is 10.6 Å². The molecular weight excluding hydrogens is 292 g/mol. The molecule has 2 heterocycles. The van der Waals surface area contributed by atoms with Crippen LogP contribution >= 0.6 is 0 Å². The van der Waals surface area contributed by atoms with Gasteiger partial charge in [0.25, 0.3) is 0 Å². The first-order valence-corrected chi connectivity index (χ1v) is 8.77. The van der Waals surface area contributed by atoms with Crippen molar-refractivity contribution in [2.75, 3.05) is 19.7 Å². The lowest BCUT2D eigenvalue weighted by atomic mass is 10.1. The molecule has 1 aromatic heterocycles. The van der Waals surface area contributed by atoms with E-state index in [2.05, 4.69) is 51.2 Å². The third-order valence-electron chi connectivity index (χ3n) is 4.04. The summed E-state index contributed by atoms with van der Waals surface area (Å²) in [5.41, 5.74) is 0. The molecule has 130 valence electrons. The van der Waals surface area contributed by atoms with Gasteiger partial charge in [-0.15, -0.1) is 10.2 Å². The average molecular weight is 322 g/mol.